The van der Waals surface area contributed by atoms with Gasteiger partial charge in [-0.2, -0.15) is 0 Å². The molecule has 2 aliphatic heterocycles. The number of hydrogen-bond acceptors (Lipinski definition) is 13. The molecule has 2 heterocycles. The summed E-state index contributed by atoms with van der Waals surface area (Å²) in [6, 6.07) is 13.8. The number of anilines is 3. The summed E-state index contributed by atoms with van der Waals surface area (Å²) in [5.74, 6) is -4.43. The zero-order valence-electron chi connectivity index (χ0n) is 52.2. The van der Waals surface area contributed by atoms with Gasteiger partial charge < -0.3 is 30.2 Å². The van der Waals surface area contributed by atoms with Gasteiger partial charge in [0.05, 0.1) is 5.41 Å². The first-order chi connectivity index (χ1) is 38.4. The van der Waals surface area contributed by atoms with Gasteiger partial charge >= 0.3 is 12.1 Å². The number of esters is 1. The molecular formula is C65H91N5O13. The third-order valence-electron chi connectivity index (χ3n) is 14.4. The first kappa shape index (κ1) is 68.3. The van der Waals surface area contributed by atoms with E-state index in [9.17, 15) is 47.9 Å². The van der Waals surface area contributed by atoms with Crippen LogP contribution in [0.1, 0.15) is 198 Å². The number of nitrogens with zero attached hydrogens (tertiary/aromatic N) is 2. The second-order valence-electron chi connectivity index (χ2n) is 26.2. The van der Waals surface area contributed by atoms with E-state index < -0.39 is 105 Å². The number of ketones is 2. The van der Waals surface area contributed by atoms with Crippen molar-refractivity contribution in [1.29, 1.82) is 0 Å². The van der Waals surface area contributed by atoms with Crippen molar-refractivity contribution in [2.24, 2.45) is 16.2 Å². The molecule has 18 nitrogen and oxygen atoms in total. The number of carbonyl (C=O) groups is 10. The number of Topliss-reactive ketones (excluding diaryl/α,β-unsaturated/α-hetero) is 2. The lowest BCUT2D eigenvalue weighted by Gasteiger charge is -2.30. The van der Waals surface area contributed by atoms with E-state index in [-0.39, 0.29) is 12.1 Å². The molecule has 5 rings (SSSR count). The molecule has 3 N–H and O–H groups in total. The van der Waals surface area contributed by atoms with Crippen molar-refractivity contribution in [2.45, 2.75) is 224 Å². The van der Waals surface area contributed by atoms with E-state index in [4.69, 9.17) is 14.2 Å². The van der Waals surface area contributed by atoms with E-state index >= 15 is 0 Å². The Morgan fingerprint density at radius 1 is 0.627 bits per heavy atom. The molecule has 18 heteroatoms. The number of benzene rings is 3. The van der Waals surface area contributed by atoms with Gasteiger partial charge in [0.25, 0.3) is 23.6 Å². The maximum Gasteiger partial charge on any atom is 0.418 e. The van der Waals surface area contributed by atoms with Crippen LogP contribution >= 0.6 is 0 Å². The zero-order valence-corrected chi connectivity index (χ0v) is 52.2. The van der Waals surface area contributed by atoms with Crippen molar-refractivity contribution in [3.05, 3.63) is 77.4 Å². The first-order valence-electron chi connectivity index (χ1n) is 29.0. The zero-order chi connectivity index (χ0) is 62.6. The molecule has 3 unspecified atom stereocenters. The summed E-state index contributed by atoms with van der Waals surface area (Å²) in [7, 11) is 0. The van der Waals surface area contributed by atoms with E-state index in [1.54, 1.807) is 97.9 Å². The van der Waals surface area contributed by atoms with Crippen molar-refractivity contribution in [3.63, 3.8) is 0 Å². The fourth-order valence-corrected chi connectivity index (χ4v) is 9.49. The second-order valence-corrected chi connectivity index (χ2v) is 26.2. The summed E-state index contributed by atoms with van der Waals surface area (Å²) in [4.78, 5) is 132. The third-order valence-corrected chi connectivity index (χ3v) is 14.4. The maximum absolute atomic E-state index is 13.9. The molecule has 0 bridgehead atoms. The quantitative estimate of drug-likeness (QED) is 0.0249. The summed E-state index contributed by atoms with van der Waals surface area (Å²) < 4.78 is 17.0. The first-order valence-corrected chi connectivity index (χ1v) is 29.0. The van der Waals surface area contributed by atoms with E-state index in [1.165, 1.54) is 65.4 Å². The Bertz CT molecular complexity index is 2900. The molecular weight excluding hydrogens is 1060 g/mol. The van der Waals surface area contributed by atoms with Gasteiger partial charge in [-0.1, -0.05) is 159 Å². The predicted octanol–water partition coefficient (Wildman–Crippen LogP) is 12.3. The minimum absolute atomic E-state index is 0.0174. The van der Waals surface area contributed by atoms with Crippen molar-refractivity contribution in [2.75, 3.05) is 16.0 Å². The van der Waals surface area contributed by atoms with Crippen molar-refractivity contribution >= 4 is 76.1 Å². The fourth-order valence-electron chi connectivity index (χ4n) is 9.49. The summed E-state index contributed by atoms with van der Waals surface area (Å²) in [5, 5.41) is 8.31. The van der Waals surface area contributed by atoms with Crippen LogP contribution in [0, 0.1) is 30.1 Å². The molecule has 2 aliphatic rings. The molecule has 0 radical (unpaired) electrons. The van der Waals surface area contributed by atoms with Crippen LogP contribution in [-0.2, 0) is 53.3 Å². The van der Waals surface area contributed by atoms with Crippen LogP contribution in [0.25, 0.3) is 0 Å². The van der Waals surface area contributed by atoms with Crippen molar-refractivity contribution in [1.82, 2.24) is 9.80 Å². The highest BCUT2D eigenvalue weighted by Crippen LogP contribution is 2.37. The number of imide groups is 2. The Morgan fingerprint density at radius 3 is 1.63 bits per heavy atom. The predicted molar refractivity (Wildman–Crippen MR) is 320 cm³/mol. The molecule has 83 heavy (non-hydrogen) atoms. The number of nitrogens with one attached hydrogen (secondary N) is 3. The number of rotatable bonds is 24. The summed E-state index contributed by atoms with van der Waals surface area (Å²) in [6.45, 7) is 29.1. The minimum atomic E-state index is -1.78. The van der Waals surface area contributed by atoms with Crippen LogP contribution in [0.5, 0.6) is 11.5 Å². The Kier molecular flexibility index (Phi) is 23.3. The van der Waals surface area contributed by atoms with Crippen LogP contribution in [0.4, 0.5) is 21.9 Å². The van der Waals surface area contributed by atoms with Gasteiger partial charge in [0.2, 0.25) is 11.8 Å². The van der Waals surface area contributed by atoms with Gasteiger partial charge in [0, 0.05) is 46.8 Å². The molecule has 3 atom stereocenters. The minimum Gasteiger partial charge on any atom is -0.481 e. The third kappa shape index (κ3) is 18.9. The van der Waals surface area contributed by atoms with E-state index in [2.05, 4.69) is 22.9 Å². The fraction of sp³-hybridized carbons (Fsp3) is 0.569. The monoisotopic (exact) mass is 1150 g/mol. The van der Waals surface area contributed by atoms with Crippen molar-refractivity contribution in [3.8, 4) is 11.5 Å². The highest BCUT2D eigenvalue weighted by Gasteiger charge is 2.56. The average Bonchev–Trinajstić information content (AvgIpc) is 3.86. The topological polar surface area (TPSA) is 241 Å². The Labute approximate surface area is 491 Å². The van der Waals surface area contributed by atoms with Gasteiger partial charge in [-0.25, -0.2) is 9.69 Å². The van der Waals surface area contributed by atoms with Gasteiger partial charge in [0.1, 0.15) is 11.5 Å². The molecule has 454 valence electrons. The summed E-state index contributed by atoms with van der Waals surface area (Å²) in [5.41, 5.74) is -1.16. The molecule has 7 amide bonds. The molecule has 0 spiro atoms. The highest BCUT2D eigenvalue weighted by molar-refractivity contribution is 6.20. The number of cyclic esters (lactones) is 1. The number of ether oxygens (including phenoxy) is 3. The van der Waals surface area contributed by atoms with Crippen LogP contribution in [0.15, 0.2) is 60.7 Å². The SMILES string of the molecule is CCCCCCCCCCCCC(Oc1ccc(OC(C)=O)c(C(C)(C)C)c1)C(=O)Nc1cccc(NC(=O)C(C(=O)C(C)(C)C)N2C(=O)OC(C)(C)C2=O)c1.Cc1ccc(C)c(NC(=O)C(C(=O)C(C)(C)C)N2C(=O)CC(C)(C)C2=O)c1. The highest BCUT2D eigenvalue weighted by atomic mass is 16.6. The van der Waals surface area contributed by atoms with E-state index in [0.717, 1.165) is 47.3 Å². The molecule has 3 aromatic carbocycles. The Hall–Kier alpha value is -7.24. The smallest absolute Gasteiger partial charge is 0.418 e. The largest absolute Gasteiger partial charge is 0.481 e. The van der Waals surface area contributed by atoms with E-state index in [1.807, 2.05) is 46.8 Å². The Balaban J connectivity index is 0.000000455. The summed E-state index contributed by atoms with van der Waals surface area (Å²) in [6.07, 6.45) is 9.88. The summed E-state index contributed by atoms with van der Waals surface area (Å²) >= 11 is 0. The van der Waals surface area contributed by atoms with Gasteiger partial charge in [0.15, 0.2) is 35.4 Å². The Morgan fingerprint density at radius 2 is 1.14 bits per heavy atom. The number of unbranched alkanes of at least 4 members (excludes halogenated alkanes) is 9. The normalized spacial score (nSPS) is 16.0. The lowest BCUT2D eigenvalue weighted by molar-refractivity contribution is -0.153. The number of amides is 7. The lowest BCUT2D eigenvalue weighted by Crippen LogP contribution is -2.55. The molecule has 0 aromatic heterocycles. The molecule has 3 aromatic rings. The van der Waals surface area contributed by atoms with Crippen LogP contribution in [0.2, 0.25) is 0 Å². The average molecular weight is 1150 g/mol. The molecule has 0 aliphatic carbocycles. The van der Waals surface area contributed by atoms with Crippen LogP contribution < -0.4 is 25.4 Å². The van der Waals surface area contributed by atoms with Crippen molar-refractivity contribution < 1.29 is 62.2 Å². The molecule has 2 saturated heterocycles. The number of aryl methyl sites for hydroxylation is 2. The number of likely N-dealkylation sites (tertiary alicyclic amines) is 1. The number of hydrogen-bond donors (Lipinski definition) is 3. The standard InChI is InChI=1S/C44H63N3O9.C21H28N2O4/c1-11-12-13-14-15-16-17-18-19-20-24-35(55-32-25-26-34(54-29(2)48)33(28-32)42(3,4)5)38(50)45-30-22-21-23-31(27-30)46-39(51)36(37(49)43(6,7)8)47-40(52)44(9,10)56-41(47)53;1-12-8-9-13(2)14(10-12)22-18(26)16(17(25)20(3,4)5)23-15(24)11-21(6,7)19(23)27/h21-23,25-28,35-36H,11-20,24H2,1-10H3,(H,45,50)(H,46,51);8-10,16H,11H2,1-7H3,(H,22,26). The number of carbonyl (C=O) groups excluding carboxylic acids is 10. The van der Waals surface area contributed by atoms with Gasteiger partial charge in [-0.3, -0.25) is 48.1 Å². The van der Waals surface area contributed by atoms with Crippen LogP contribution in [-0.4, -0.2) is 92.7 Å². The van der Waals surface area contributed by atoms with Gasteiger partial charge in [-0.05, 0) is 99.5 Å². The molecule has 2 fully saturated rings. The molecule has 0 saturated carbocycles. The second kappa shape index (κ2) is 28.4. The lowest BCUT2D eigenvalue weighted by atomic mass is 9.85. The van der Waals surface area contributed by atoms with Crippen LogP contribution in [0.3, 0.4) is 0 Å². The van der Waals surface area contributed by atoms with Gasteiger partial charge in [-0.15, -0.1) is 0 Å². The maximum atomic E-state index is 13.9. The van der Waals surface area contributed by atoms with E-state index in [0.29, 0.717) is 34.2 Å².